The molecule has 1 unspecified atom stereocenters. The van der Waals surface area contributed by atoms with Crippen molar-refractivity contribution in [3.63, 3.8) is 0 Å². The summed E-state index contributed by atoms with van der Waals surface area (Å²) in [6, 6.07) is 14.4. The summed E-state index contributed by atoms with van der Waals surface area (Å²) in [6.45, 7) is 8.83. The largest absolute Gasteiger partial charge is 0.355 e. The topological polar surface area (TPSA) is 62.2 Å². The molecule has 0 radical (unpaired) electrons. The molecule has 0 bridgehead atoms. The number of anilines is 2. The van der Waals surface area contributed by atoms with Crippen LogP contribution in [0.1, 0.15) is 30.5 Å². The number of aromatic nitrogens is 2. The Morgan fingerprint density at radius 2 is 1.97 bits per heavy atom. The minimum absolute atomic E-state index is 0.103. The Morgan fingerprint density at radius 3 is 2.60 bits per heavy atom. The van der Waals surface area contributed by atoms with Crippen molar-refractivity contribution in [3.05, 3.63) is 84.5 Å². The number of fused-ring (bicyclic) bond motifs is 1. The van der Waals surface area contributed by atoms with Gasteiger partial charge in [-0.05, 0) is 54.8 Å². The van der Waals surface area contributed by atoms with Crippen LogP contribution in [-0.2, 0) is 4.79 Å². The van der Waals surface area contributed by atoms with E-state index in [4.69, 9.17) is 0 Å². The van der Waals surface area contributed by atoms with Crippen molar-refractivity contribution in [1.82, 2.24) is 14.9 Å². The molecule has 6 heteroatoms. The number of nitrogens with zero attached hydrogens (tertiary/aromatic N) is 3. The van der Waals surface area contributed by atoms with E-state index < -0.39 is 0 Å². The molecule has 0 saturated carbocycles. The predicted octanol–water partition coefficient (Wildman–Crippen LogP) is 4.44. The second kappa shape index (κ2) is 9.78. The van der Waals surface area contributed by atoms with Crippen LogP contribution < -0.4 is 15.5 Å². The summed E-state index contributed by atoms with van der Waals surface area (Å²) < 4.78 is 2.05. The number of nitrogens with one attached hydrogen (secondary N) is 2. The molecule has 0 spiro atoms. The van der Waals surface area contributed by atoms with Crippen LogP contribution in [0.2, 0.25) is 0 Å². The molecule has 4 rings (SSSR count). The van der Waals surface area contributed by atoms with Gasteiger partial charge in [-0.2, -0.15) is 0 Å². The first-order chi connectivity index (χ1) is 14.5. The third-order valence-electron chi connectivity index (χ3n) is 4.98. The second-order valence-electron chi connectivity index (χ2n) is 7.40. The van der Waals surface area contributed by atoms with Crippen LogP contribution >= 0.6 is 0 Å². The van der Waals surface area contributed by atoms with Gasteiger partial charge in [-0.1, -0.05) is 25.6 Å². The predicted molar refractivity (Wildman–Crippen MR) is 123 cm³/mol. The molecule has 6 nitrogen and oxygen atoms in total. The van der Waals surface area contributed by atoms with E-state index in [0.717, 1.165) is 53.4 Å². The maximum Gasteiger partial charge on any atom is 0.207 e. The van der Waals surface area contributed by atoms with Gasteiger partial charge in [0.15, 0.2) is 5.82 Å². The molecular weight excluding hydrogens is 374 g/mol. The number of amides is 1. The van der Waals surface area contributed by atoms with Gasteiger partial charge in [-0.25, -0.2) is 4.98 Å². The number of pyridine rings is 1. The summed E-state index contributed by atoms with van der Waals surface area (Å²) in [4.78, 5) is 16.9. The first-order valence-electron chi connectivity index (χ1n) is 10.1. The van der Waals surface area contributed by atoms with Crippen LogP contribution in [0, 0.1) is 6.92 Å². The van der Waals surface area contributed by atoms with Crippen molar-refractivity contribution < 1.29 is 4.79 Å². The highest BCUT2D eigenvalue weighted by Gasteiger charge is 2.16. The molecule has 3 aromatic rings. The molecule has 156 valence electrons. The van der Waals surface area contributed by atoms with E-state index >= 15 is 0 Å². The van der Waals surface area contributed by atoms with Gasteiger partial charge in [-0.3, -0.25) is 4.79 Å². The van der Waals surface area contributed by atoms with Crippen LogP contribution in [-0.4, -0.2) is 29.6 Å². The summed E-state index contributed by atoms with van der Waals surface area (Å²) in [6.07, 6.45) is 7.55. The minimum atomic E-state index is 0.103. The van der Waals surface area contributed by atoms with Gasteiger partial charge < -0.3 is 20.1 Å². The Balaban J connectivity index is 0.000000177. The number of carbonyl (C=O) groups excluding carboxylic acids is 1. The molecule has 30 heavy (non-hydrogen) atoms. The van der Waals surface area contributed by atoms with E-state index in [9.17, 15) is 4.79 Å². The molecule has 2 aromatic heterocycles. The number of aryl methyl sites for hydroxylation is 1. The monoisotopic (exact) mass is 403 g/mol. The molecule has 1 atom stereocenters. The van der Waals surface area contributed by atoms with Gasteiger partial charge in [0.2, 0.25) is 6.41 Å². The van der Waals surface area contributed by atoms with Crippen molar-refractivity contribution in [3.8, 4) is 5.69 Å². The molecule has 1 aliphatic rings. The molecule has 0 saturated heterocycles. The van der Waals surface area contributed by atoms with Gasteiger partial charge in [0.1, 0.15) is 0 Å². The molecule has 1 amide bonds. The smallest absolute Gasteiger partial charge is 0.207 e. The molecular formula is C24H29N5O. The quantitative estimate of drug-likeness (QED) is 0.618. The Hall–Kier alpha value is -3.54. The molecule has 1 aromatic carbocycles. The van der Waals surface area contributed by atoms with Crippen LogP contribution in [0.25, 0.3) is 5.69 Å². The number of benzene rings is 1. The molecule has 0 fully saturated rings. The van der Waals surface area contributed by atoms with E-state index in [-0.39, 0.29) is 6.04 Å². The highest BCUT2D eigenvalue weighted by molar-refractivity contribution is 5.71. The summed E-state index contributed by atoms with van der Waals surface area (Å²) in [5, 5.41) is 6.05. The number of hydrogen-bond acceptors (Lipinski definition) is 4. The number of likely N-dealkylation sites (N-methyl/N-ethyl adjacent to an activating group) is 1. The lowest BCUT2D eigenvalue weighted by Crippen LogP contribution is -2.29. The summed E-state index contributed by atoms with van der Waals surface area (Å²) in [5.74, 6) is 0.998. The van der Waals surface area contributed by atoms with Crippen LogP contribution in [0.5, 0.6) is 0 Å². The summed E-state index contributed by atoms with van der Waals surface area (Å²) in [7, 11) is 2.02. The number of hydrogen-bond donors (Lipinski definition) is 2. The van der Waals surface area contributed by atoms with Gasteiger partial charge in [0, 0.05) is 37.0 Å². The average Bonchev–Trinajstić information content (AvgIpc) is 3.27. The van der Waals surface area contributed by atoms with Crippen molar-refractivity contribution in [1.29, 1.82) is 0 Å². The third kappa shape index (κ3) is 5.08. The first kappa shape index (κ1) is 21.2. The fourth-order valence-electron chi connectivity index (χ4n) is 3.47. The van der Waals surface area contributed by atoms with Crippen molar-refractivity contribution in [2.45, 2.75) is 26.3 Å². The third-order valence-corrected chi connectivity index (χ3v) is 4.98. The molecule has 2 N–H and O–H groups in total. The lowest BCUT2D eigenvalue weighted by Gasteiger charge is -2.28. The Morgan fingerprint density at radius 1 is 1.27 bits per heavy atom. The van der Waals surface area contributed by atoms with E-state index in [2.05, 4.69) is 68.9 Å². The minimum Gasteiger partial charge on any atom is -0.355 e. The van der Waals surface area contributed by atoms with Crippen molar-refractivity contribution >= 4 is 17.9 Å². The highest BCUT2D eigenvalue weighted by Crippen LogP contribution is 2.28. The zero-order chi connectivity index (χ0) is 21.5. The van der Waals surface area contributed by atoms with Crippen LogP contribution in [0.3, 0.4) is 0 Å². The molecule has 1 aliphatic heterocycles. The lowest BCUT2D eigenvalue weighted by molar-refractivity contribution is -0.110. The fourth-order valence-corrected chi connectivity index (χ4v) is 3.47. The van der Waals surface area contributed by atoms with E-state index in [1.807, 2.05) is 44.7 Å². The molecule has 0 aliphatic carbocycles. The Bertz CT molecular complexity index is 979. The Kier molecular flexibility index (Phi) is 6.91. The van der Waals surface area contributed by atoms with E-state index in [1.165, 1.54) is 0 Å². The number of carbonyl (C=O) groups is 1. The zero-order valence-corrected chi connectivity index (χ0v) is 17.8. The van der Waals surface area contributed by atoms with Crippen molar-refractivity contribution in [2.24, 2.45) is 0 Å². The zero-order valence-electron chi connectivity index (χ0n) is 17.8. The van der Waals surface area contributed by atoms with E-state index in [0.29, 0.717) is 0 Å². The Labute approximate surface area is 178 Å². The second-order valence-corrected chi connectivity index (χ2v) is 7.40. The maximum absolute atomic E-state index is 10.5. The van der Waals surface area contributed by atoms with Gasteiger partial charge in [-0.15, -0.1) is 0 Å². The van der Waals surface area contributed by atoms with Crippen molar-refractivity contribution in [2.75, 3.05) is 23.8 Å². The lowest BCUT2D eigenvalue weighted by atomic mass is 10.0. The highest BCUT2D eigenvalue weighted by atomic mass is 16.1. The fraction of sp³-hybridized carbons (Fsp3) is 0.250. The van der Waals surface area contributed by atoms with E-state index in [1.54, 1.807) is 0 Å². The first-order valence-corrected chi connectivity index (χ1v) is 10.1. The van der Waals surface area contributed by atoms with Crippen LogP contribution in [0.4, 0.5) is 11.5 Å². The van der Waals surface area contributed by atoms with Gasteiger partial charge in [0.05, 0.1) is 18.3 Å². The van der Waals surface area contributed by atoms with Gasteiger partial charge >= 0.3 is 0 Å². The summed E-state index contributed by atoms with van der Waals surface area (Å²) in [5.41, 5.74) is 5.49. The number of rotatable bonds is 5. The summed E-state index contributed by atoms with van der Waals surface area (Å²) >= 11 is 0. The standard InChI is InChI=1S/C14H16N2O.C10H13N3/c1-2-14(15-11-17)12-5-7-13(8-6-12)16-9-3-4-10-16;1-7-4-9-10(11-5-7)13(3)6-8(2)12-9/h3-11,14H,2H2,1H3,(H,15,17);4-5,12H,2,6H2,1,3H3. The average molecular weight is 404 g/mol. The van der Waals surface area contributed by atoms with Crippen LogP contribution in [0.15, 0.2) is 73.3 Å². The maximum atomic E-state index is 10.5. The van der Waals surface area contributed by atoms with Gasteiger partial charge in [0.25, 0.3) is 0 Å². The SMILES string of the molecule is C=C1CN(C)c2ncc(C)cc2N1.CCC(NC=O)c1ccc(-n2cccc2)cc1. The molecule has 3 heterocycles. The normalized spacial score (nSPS) is 13.4.